The first-order valence-corrected chi connectivity index (χ1v) is 5.73. The van der Waals surface area contributed by atoms with Crippen LogP contribution < -0.4 is 0 Å². The molecule has 0 bridgehead atoms. The van der Waals surface area contributed by atoms with Gasteiger partial charge in [0.25, 0.3) is 0 Å². The second kappa shape index (κ2) is 5.14. The molecule has 1 atom stereocenters. The van der Waals surface area contributed by atoms with Gasteiger partial charge in [0, 0.05) is 5.56 Å². The molecule has 84 valence electrons. The van der Waals surface area contributed by atoms with Gasteiger partial charge in [-0.25, -0.2) is 4.39 Å². The zero-order valence-corrected chi connectivity index (χ0v) is 9.54. The first-order chi connectivity index (χ1) is 7.75. The first kappa shape index (κ1) is 11.2. The number of piperidine rings is 1. The van der Waals surface area contributed by atoms with E-state index in [1.54, 1.807) is 12.1 Å². The van der Waals surface area contributed by atoms with Gasteiger partial charge in [0.15, 0.2) is 0 Å². The maximum Gasteiger partial charge on any atom is 0.123 e. The Bertz CT molecular complexity index is 399. The minimum absolute atomic E-state index is 0.208. The number of hydrogen-bond donors (Lipinski definition) is 0. The minimum Gasteiger partial charge on any atom is -0.293 e. The van der Waals surface area contributed by atoms with Crippen LogP contribution in [-0.2, 0) is 0 Å². The van der Waals surface area contributed by atoms with Gasteiger partial charge in [0.2, 0.25) is 0 Å². The van der Waals surface area contributed by atoms with Gasteiger partial charge in [-0.05, 0) is 57.1 Å². The summed E-state index contributed by atoms with van der Waals surface area (Å²) in [5, 5.41) is 0. The van der Waals surface area contributed by atoms with Crippen molar-refractivity contribution in [3.05, 3.63) is 35.6 Å². The fourth-order valence-corrected chi connectivity index (χ4v) is 1.96. The highest BCUT2D eigenvalue weighted by Gasteiger charge is 2.15. The predicted molar refractivity (Wildman–Crippen MR) is 63.5 cm³/mol. The molecule has 2 rings (SSSR count). The van der Waals surface area contributed by atoms with Crippen molar-refractivity contribution in [1.29, 1.82) is 0 Å². The van der Waals surface area contributed by atoms with Gasteiger partial charge in [-0.3, -0.25) is 4.90 Å². The van der Waals surface area contributed by atoms with Crippen LogP contribution in [0, 0.1) is 17.7 Å². The smallest absolute Gasteiger partial charge is 0.123 e. The molecule has 0 spiro atoms. The quantitative estimate of drug-likeness (QED) is 0.604. The van der Waals surface area contributed by atoms with Gasteiger partial charge in [0.05, 0.1) is 6.04 Å². The molecule has 1 aromatic rings. The second-order valence-corrected chi connectivity index (χ2v) is 4.27. The van der Waals surface area contributed by atoms with Crippen molar-refractivity contribution in [2.75, 3.05) is 13.6 Å². The van der Waals surface area contributed by atoms with E-state index in [-0.39, 0.29) is 5.82 Å². The van der Waals surface area contributed by atoms with E-state index in [1.807, 2.05) is 0 Å². The SMILES string of the molecule is CN1CCCC[C@@H]1C#Cc1ccc(F)cc1. The summed E-state index contributed by atoms with van der Waals surface area (Å²) in [6, 6.07) is 6.72. The lowest BCUT2D eigenvalue weighted by atomic mass is 10.0. The normalized spacial score (nSPS) is 21.2. The molecular weight excluding hydrogens is 201 g/mol. The summed E-state index contributed by atoms with van der Waals surface area (Å²) >= 11 is 0. The van der Waals surface area contributed by atoms with Gasteiger partial charge >= 0.3 is 0 Å². The summed E-state index contributed by atoms with van der Waals surface area (Å²) in [6.07, 6.45) is 3.67. The van der Waals surface area contributed by atoms with E-state index in [9.17, 15) is 4.39 Å². The molecule has 2 heteroatoms. The molecule has 0 aromatic heterocycles. The molecule has 0 unspecified atom stereocenters. The molecule has 1 nitrogen and oxygen atoms in total. The zero-order chi connectivity index (χ0) is 11.4. The maximum atomic E-state index is 12.7. The summed E-state index contributed by atoms with van der Waals surface area (Å²) in [7, 11) is 2.11. The molecule has 1 aliphatic rings. The lowest BCUT2D eigenvalue weighted by molar-refractivity contribution is 0.229. The third kappa shape index (κ3) is 2.84. The monoisotopic (exact) mass is 217 g/mol. The van der Waals surface area contributed by atoms with Crippen LogP contribution in [0.1, 0.15) is 24.8 Å². The summed E-state index contributed by atoms with van der Waals surface area (Å²) in [6.45, 7) is 1.13. The van der Waals surface area contributed by atoms with Crippen LogP contribution in [0.2, 0.25) is 0 Å². The summed E-state index contributed by atoms with van der Waals surface area (Å²) in [5.74, 6) is 6.17. The molecule has 1 aliphatic heterocycles. The largest absolute Gasteiger partial charge is 0.293 e. The zero-order valence-electron chi connectivity index (χ0n) is 9.54. The van der Waals surface area contributed by atoms with Crippen molar-refractivity contribution >= 4 is 0 Å². The highest BCUT2D eigenvalue weighted by molar-refractivity contribution is 5.35. The molecule has 0 saturated carbocycles. The minimum atomic E-state index is -0.208. The number of rotatable bonds is 0. The standard InChI is InChI=1S/C14H16FN/c1-16-11-3-2-4-14(16)10-7-12-5-8-13(15)9-6-12/h5-6,8-9,14H,2-4,11H2,1H3/t14-/m1/s1. The molecule has 1 fully saturated rings. The van der Waals surface area contributed by atoms with Crippen molar-refractivity contribution in [2.24, 2.45) is 0 Å². The summed E-state index contributed by atoms with van der Waals surface area (Å²) in [5.41, 5.74) is 0.889. The van der Waals surface area contributed by atoms with Crippen molar-refractivity contribution in [2.45, 2.75) is 25.3 Å². The third-order valence-electron chi connectivity index (χ3n) is 3.00. The second-order valence-electron chi connectivity index (χ2n) is 4.27. The van der Waals surface area contributed by atoms with Crippen molar-refractivity contribution in [3.63, 3.8) is 0 Å². The topological polar surface area (TPSA) is 3.24 Å². The Balaban J connectivity index is 2.05. The summed E-state index contributed by atoms with van der Waals surface area (Å²) < 4.78 is 12.7. The maximum absolute atomic E-state index is 12.7. The predicted octanol–water partition coefficient (Wildman–Crippen LogP) is 2.66. The Morgan fingerprint density at radius 1 is 1.25 bits per heavy atom. The van der Waals surface area contributed by atoms with E-state index >= 15 is 0 Å². The first-order valence-electron chi connectivity index (χ1n) is 5.73. The van der Waals surface area contributed by atoms with Crippen molar-refractivity contribution < 1.29 is 4.39 Å². The molecule has 0 N–H and O–H groups in total. The van der Waals surface area contributed by atoms with Crippen LogP contribution in [0.15, 0.2) is 24.3 Å². The molecule has 0 radical (unpaired) electrons. The van der Waals surface area contributed by atoms with E-state index in [1.165, 1.54) is 25.0 Å². The van der Waals surface area contributed by atoms with Gasteiger partial charge in [-0.1, -0.05) is 11.8 Å². The van der Waals surface area contributed by atoms with Crippen molar-refractivity contribution in [1.82, 2.24) is 4.90 Å². The Hall–Kier alpha value is -1.33. The molecule has 0 amide bonds. The van der Waals surface area contributed by atoms with Crippen LogP contribution in [0.3, 0.4) is 0 Å². The van der Waals surface area contributed by atoms with E-state index in [4.69, 9.17) is 0 Å². The third-order valence-corrected chi connectivity index (χ3v) is 3.00. The number of likely N-dealkylation sites (tertiary alicyclic amines) is 1. The number of hydrogen-bond acceptors (Lipinski definition) is 1. The van der Waals surface area contributed by atoms with Crippen molar-refractivity contribution in [3.8, 4) is 11.8 Å². The Morgan fingerprint density at radius 2 is 2.00 bits per heavy atom. The average molecular weight is 217 g/mol. The van der Waals surface area contributed by atoms with Gasteiger partial charge in [0.1, 0.15) is 5.82 Å². The van der Waals surface area contributed by atoms with Crippen LogP contribution >= 0.6 is 0 Å². The lowest BCUT2D eigenvalue weighted by Crippen LogP contribution is -2.34. The van der Waals surface area contributed by atoms with E-state index in [2.05, 4.69) is 23.8 Å². The van der Waals surface area contributed by atoms with Crippen LogP contribution in [-0.4, -0.2) is 24.5 Å². The lowest BCUT2D eigenvalue weighted by Gasteiger charge is -2.28. The molecule has 16 heavy (non-hydrogen) atoms. The number of benzene rings is 1. The van der Waals surface area contributed by atoms with Gasteiger partial charge in [-0.15, -0.1) is 0 Å². The highest BCUT2D eigenvalue weighted by Crippen LogP contribution is 2.14. The van der Waals surface area contributed by atoms with Crippen LogP contribution in [0.4, 0.5) is 4.39 Å². The highest BCUT2D eigenvalue weighted by atomic mass is 19.1. The fraction of sp³-hybridized carbons (Fsp3) is 0.429. The molecule has 1 aromatic carbocycles. The van der Waals surface area contributed by atoms with E-state index in [0.717, 1.165) is 18.5 Å². The molecule has 1 saturated heterocycles. The fourth-order valence-electron chi connectivity index (χ4n) is 1.96. The molecule has 0 aliphatic carbocycles. The Kier molecular flexibility index (Phi) is 3.58. The van der Waals surface area contributed by atoms with E-state index in [0.29, 0.717) is 6.04 Å². The Morgan fingerprint density at radius 3 is 2.69 bits per heavy atom. The number of halogens is 1. The summed E-state index contributed by atoms with van der Waals surface area (Å²) in [4.78, 5) is 2.29. The Labute approximate surface area is 96.3 Å². The van der Waals surface area contributed by atoms with Gasteiger partial charge < -0.3 is 0 Å². The van der Waals surface area contributed by atoms with Crippen LogP contribution in [0.25, 0.3) is 0 Å². The number of nitrogens with zero attached hydrogens (tertiary/aromatic N) is 1. The molecular formula is C14H16FN. The average Bonchev–Trinajstić information content (AvgIpc) is 2.30. The van der Waals surface area contributed by atoms with Gasteiger partial charge in [-0.2, -0.15) is 0 Å². The van der Waals surface area contributed by atoms with E-state index < -0.39 is 0 Å². The van der Waals surface area contributed by atoms with Crippen LogP contribution in [0.5, 0.6) is 0 Å². The molecule has 1 heterocycles.